The normalized spacial score (nSPS) is 15.4. The highest BCUT2D eigenvalue weighted by Gasteiger charge is 2.21. The average Bonchev–Trinajstić information content (AvgIpc) is 3.41. The van der Waals surface area contributed by atoms with Crippen LogP contribution in [0.3, 0.4) is 0 Å². The first-order valence-corrected chi connectivity index (χ1v) is 10.7. The van der Waals surface area contributed by atoms with Crippen molar-refractivity contribution < 1.29 is 4.42 Å². The lowest BCUT2D eigenvalue weighted by Gasteiger charge is -2.31. The molecule has 0 radical (unpaired) electrons. The highest BCUT2D eigenvalue weighted by atomic mass is 32.1. The molecule has 0 atom stereocenters. The Bertz CT molecular complexity index is 1150. The fourth-order valence-electron chi connectivity index (χ4n) is 3.59. The Hall–Kier alpha value is -3.14. The van der Waals surface area contributed by atoms with Crippen LogP contribution in [0.2, 0.25) is 0 Å². The number of hydrogen-bond acceptors (Lipinski definition) is 7. The van der Waals surface area contributed by atoms with Gasteiger partial charge in [-0.05, 0) is 31.4 Å². The fourth-order valence-corrected chi connectivity index (χ4v) is 3.77. The second kappa shape index (κ2) is 8.54. The highest BCUT2D eigenvalue weighted by Crippen LogP contribution is 2.24. The minimum atomic E-state index is 0.325. The third kappa shape index (κ3) is 4.20. The SMILES string of the molecule is CN1CCN(Cn2nc(-c3nc(-c4ccccc4)n(-c4ccccc4)n3)oc2=S)CC1. The molecule has 0 aliphatic carbocycles. The van der Waals surface area contributed by atoms with Gasteiger partial charge in [0, 0.05) is 31.7 Å². The van der Waals surface area contributed by atoms with Crippen LogP contribution in [0, 0.1) is 4.84 Å². The molecule has 0 N–H and O–H groups in total. The van der Waals surface area contributed by atoms with E-state index in [0.29, 0.717) is 23.2 Å². The number of para-hydroxylation sites is 1. The van der Waals surface area contributed by atoms with Gasteiger partial charge in [-0.25, -0.2) is 14.3 Å². The van der Waals surface area contributed by atoms with Gasteiger partial charge in [-0.3, -0.25) is 4.90 Å². The second-order valence-electron chi connectivity index (χ2n) is 7.61. The molecule has 0 bridgehead atoms. The minimum Gasteiger partial charge on any atom is -0.406 e. The van der Waals surface area contributed by atoms with Crippen molar-refractivity contribution in [2.24, 2.45) is 0 Å². The molecule has 1 aliphatic rings. The molecule has 0 saturated carbocycles. The quantitative estimate of drug-likeness (QED) is 0.447. The maximum absolute atomic E-state index is 5.79. The maximum Gasteiger partial charge on any atom is 0.288 e. The van der Waals surface area contributed by atoms with Crippen LogP contribution in [0.1, 0.15) is 0 Å². The Labute approximate surface area is 185 Å². The van der Waals surface area contributed by atoms with Crippen molar-refractivity contribution in [2.75, 3.05) is 33.2 Å². The predicted octanol–water partition coefficient (Wildman–Crippen LogP) is 3.33. The molecule has 2 aromatic heterocycles. The number of hydrogen-bond donors (Lipinski definition) is 0. The van der Waals surface area contributed by atoms with Gasteiger partial charge in [-0.1, -0.05) is 48.5 Å². The van der Waals surface area contributed by atoms with E-state index in [-0.39, 0.29) is 0 Å². The first-order chi connectivity index (χ1) is 15.2. The molecule has 2 aromatic carbocycles. The fraction of sp³-hybridized carbons (Fsp3) is 0.273. The molecule has 1 aliphatic heterocycles. The number of rotatable bonds is 5. The van der Waals surface area contributed by atoms with E-state index in [1.165, 1.54) is 0 Å². The smallest absolute Gasteiger partial charge is 0.288 e. The molecule has 3 heterocycles. The number of nitrogens with zero attached hydrogens (tertiary/aromatic N) is 7. The van der Waals surface area contributed by atoms with Gasteiger partial charge in [-0.15, -0.1) is 10.2 Å². The molecule has 158 valence electrons. The van der Waals surface area contributed by atoms with Crippen molar-refractivity contribution in [3.63, 3.8) is 0 Å². The van der Waals surface area contributed by atoms with E-state index < -0.39 is 0 Å². The van der Waals surface area contributed by atoms with E-state index in [0.717, 1.165) is 43.3 Å². The summed E-state index contributed by atoms with van der Waals surface area (Å²) in [7, 11) is 2.14. The van der Waals surface area contributed by atoms with Crippen LogP contribution >= 0.6 is 12.2 Å². The lowest BCUT2D eigenvalue weighted by atomic mass is 10.2. The van der Waals surface area contributed by atoms with E-state index in [1.54, 1.807) is 4.68 Å². The van der Waals surface area contributed by atoms with Crippen molar-refractivity contribution in [1.82, 2.24) is 34.3 Å². The Morgan fingerprint density at radius 2 is 1.58 bits per heavy atom. The summed E-state index contributed by atoms with van der Waals surface area (Å²) in [6.07, 6.45) is 0. The van der Waals surface area contributed by atoms with Crippen LogP contribution in [-0.4, -0.2) is 67.6 Å². The van der Waals surface area contributed by atoms with Crippen molar-refractivity contribution >= 4 is 12.2 Å². The highest BCUT2D eigenvalue weighted by molar-refractivity contribution is 7.71. The minimum absolute atomic E-state index is 0.325. The third-order valence-corrected chi connectivity index (χ3v) is 5.66. The van der Waals surface area contributed by atoms with Crippen LogP contribution in [0.5, 0.6) is 0 Å². The summed E-state index contributed by atoms with van der Waals surface area (Å²) in [4.78, 5) is 9.71. The summed E-state index contributed by atoms with van der Waals surface area (Å²) in [5.41, 5.74) is 1.87. The summed E-state index contributed by atoms with van der Waals surface area (Å²) in [6.45, 7) is 4.60. The van der Waals surface area contributed by atoms with Gasteiger partial charge in [0.25, 0.3) is 10.7 Å². The van der Waals surface area contributed by atoms with E-state index in [9.17, 15) is 0 Å². The van der Waals surface area contributed by atoms with Gasteiger partial charge in [-0.2, -0.15) is 0 Å². The molecule has 9 heteroatoms. The third-order valence-electron chi connectivity index (χ3n) is 5.37. The zero-order valence-electron chi connectivity index (χ0n) is 17.3. The Morgan fingerprint density at radius 3 is 2.29 bits per heavy atom. The van der Waals surface area contributed by atoms with E-state index in [2.05, 4.69) is 21.9 Å². The second-order valence-corrected chi connectivity index (χ2v) is 7.96. The van der Waals surface area contributed by atoms with E-state index in [1.807, 2.05) is 65.3 Å². The monoisotopic (exact) mass is 433 g/mol. The number of likely N-dealkylation sites (N-methyl/N-ethyl adjacent to an activating group) is 1. The molecule has 31 heavy (non-hydrogen) atoms. The molecule has 1 fully saturated rings. The van der Waals surface area contributed by atoms with Gasteiger partial charge in [0.15, 0.2) is 5.82 Å². The Morgan fingerprint density at radius 1 is 0.903 bits per heavy atom. The first-order valence-electron chi connectivity index (χ1n) is 10.2. The molecule has 1 saturated heterocycles. The van der Waals surface area contributed by atoms with Crippen LogP contribution in [-0.2, 0) is 6.67 Å². The average molecular weight is 434 g/mol. The summed E-state index contributed by atoms with van der Waals surface area (Å²) in [6, 6.07) is 19.9. The Kier molecular flexibility index (Phi) is 5.46. The number of aromatic nitrogens is 5. The van der Waals surface area contributed by atoms with Crippen molar-refractivity contribution in [1.29, 1.82) is 0 Å². The maximum atomic E-state index is 5.79. The molecule has 0 amide bonds. The zero-order chi connectivity index (χ0) is 21.2. The lowest BCUT2D eigenvalue weighted by Crippen LogP contribution is -2.45. The predicted molar refractivity (Wildman–Crippen MR) is 120 cm³/mol. The summed E-state index contributed by atoms with van der Waals surface area (Å²) in [5, 5.41) is 9.29. The summed E-state index contributed by atoms with van der Waals surface area (Å²) in [5.74, 6) is 1.45. The van der Waals surface area contributed by atoms with Gasteiger partial charge in [0.05, 0.1) is 12.4 Å². The molecule has 8 nitrogen and oxygen atoms in total. The van der Waals surface area contributed by atoms with E-state index in [4.69, 9.17) is 26.7 Å². The summed E-state index contributed by atoms with van der Waals surface area (Å²) < 4.78 is 9.31. The first kappa shape index (κ1) is 19.8. The van der Waals surface area contributed by atoms with Gasteiger partial charge in [0.1, 0.15) is 0 Å². The topological polar surface area (TPSA) is 68.2 Å². The van der Waals surface area contributed by atoms with Gasteiger partial charge in [0.2, 0.25) is 5.82 Å². The largest absolute Gasteiger partial charge is 0.406 e. The molecule has 4 aromatic rings. The molecule has 0 unspecified atom stereocenters. The van der Waals surface area contributed by atoms with Gasteiger partial charge >= 0.3 is 0 Å². The van der Waals surface area contributed by atoms with Crippen LogP contribution in [0.4, 0.5) is 0 Å². The number of benzene rings is 2. The van der Waals surface area contributed by atoms with Gasteiger partial charge < -0.3 is 9.32 Å². The van der Waals surface area contributed by atoms with E-state index >= 15 is 0 Å². The molecular weight excluding hydrogens is 410 g/mol. The van der Waals surface area contributed by atoms with Crippen molar-refractivity contribution in [3.05, 3.63) is 65.5 Å². The zero-order valence-corrected chi connectivity index (χ0v) is 18.1. The molecular formula is C22H23N7OS. The van der Waals surface area contributed by atoms with Crippen LogP contribution in [0.25, 0.3) is 28.8 Å². The Balaban J connectivity index is 1.50. The standard InChI is InChI=1S/C22H23N7OS/c1-26-12-14-27(15-13-26)16-28-22(31)30-21(25-28)19-23-20(17-8-4-2-5-9-17)29(24-19)18-10-6-3-7-11-18/h2-11H,12-16H2,1H3. The lowest BCUT2D eigenvalue weighted by molar-refractivity contribution is 0.118. The molecule has 5 rings (SSSR count). The molecule has 0 spiro atoms. The number of piperazine rings is 1. The van der Waals surface area contributed by atoms with Crippen LogP contribution < -0.4 is 0 Å². The summed E-state index contributed by atoms with van der Waals surface area (Å²) >= 11 is 5.43. The van der Waals surface area contributed by atoms with Crippen LogP contribution in [0.15, 0.2) is 65.1 Å². The van der Waals surface area contributed by atoms with Crippen molar-refractivity contribution in [3.8, 4) is 28.8 Å². The van der Waals surface area contributed by atoms with Crippen molar-refractivity contribution in [2.45, 2.75) is 6.67 Å².